The van der Waals surface area contributed by atoms with Gasteiger partial charge < -0.3 is 5.73 Å². The third-order valence-corrected chi connectivity index (χ3v) is 0.246. The molecule has 0 aliphatic carbocycles. The highest BCUT2D eigenvalue weighted by atomic mass is 16.1. The topological polar surface area (TPSA) is 43.1 Å². The molecule has 0 aromatic carbocycles. The van der Waals surface area contributed by atoms with Crippen molar-refractivity contribution in [1.82, 2.24) is 0 Å². The Morgan fingerprint density at radius 1 is 2.00 bits per heavy atom. The normalized spacial score (nSPS) is 7.20. The summed E-state index contributed by atoms with van der Waals surface area (Å²) in [5, 5.41) is 0. The molecule has 5 heavy (non-hydrogen) atoms. The lowest BCUT2D eigenvalue weighted by atomic mass is 10.5. The summed E-state index contributed by atoms with van der Waals surface area (Å²) in [6.45, 7) is 3.21. The Bertz CT molecular complexity index is 42.2. The molecule has 1 amide bonds. The van der Waals surface area contributed by atoms with E-state index in [1.165, 1.54) is 0 Å². The standard InChI is InChI=1S/C3H5NO/c1-2-3(4)5/h1-2H2,(H-,4,5)/p+1. The third kappa shape index (κ3) is 3.34. The third-order valence-electron chi connectivity index (χ3n) is 0.246. The van der Waals surface area contributed by atoms with Crippen molar-refractivity contribution < 1.29 is 4.79 Å². The summed E-state index contributed by atoms with van der Waals surface area (Å²) in [4.78, 5) is 9.53. The summed E-state index contributed by atoms with van der Waals surface area (Å²) in [7, 11) is 0. The smallest absolute Gasteiger partial charge is 0.262 e. The van der Waals surface area contributed by atoms with E-state index < -0.39 is 0 Å². The van der Waals surface area contributed by atoms with Gasteiger partial charge >= 0.3 is 0 Å². The van der Waals surface area contributed by atoms with Crippen molar-refractivity contribution in [3.05, 3.63) is 6.92 Å². The van der Waals surface area contributed by atoms with Crippen molar-refractivity contribution in [3.8, 4) is 0 Å². The number of carbonyl (C=O) groups is 1. The lowest BCUT2D eigenvalue weighted by Crippen LogP contribution is -2.07. The number of primary amides is 1. The van der Waals surface area contributed by atoms with Crippen LogP contribution in [0.1, 0.15) is 6.42 Å². The monoisotopic (exact) mass is 72.0 g/mol. The lowest BCUT2D eigenvalue weighted by molar-refractivity contribution is -0.117. The quantitative estimate of drug-likeness (QED) is 0.424. The van der Waals surface area contributed by atoms with Gasteiger partial charge in [0.15, 0.2) is 6.42 Å². The fourth-order valence-corrected chi connectivity index (χ4v) is 0. The van der Waals surface area contributed by atoms with Crippen molar-refractivity contribution in [2.75, 3.05) is 0 Å². The van der Waals surface area contributed by atoms with Crippen LogP contribution in [0.3, 0.4) is 0 Å². The second kappa shape index (κ2) is 1.64. The van der Waals surface area contributed by atoms with Crippen molar-refractivity contribution in [2.24, 2.45) is 5.73 Å². The second-order valence-electron chi connectivity index (χ2n) is 0.716. The van der Waals surface area contributed by atoms with E-state index in [0.717, 1.165) is 0 Å². The van der Waals surface area contributed by atoms with Crippen LogP contribution in [0.5, 0.6) is 0 Å². The highest BCUT2D eigenvalue weighted by Gasteiger charge is 1.85. The van der Waals surface area contributed by atoms with Gasteiger partial charge in [0, 0.05) is 0 Å². The van der Waals surface area contributed by atoms with Gasteiger partial charge in [-0.2, -0.15) is 0 Å². The molecule has 0 radical (unpaired) electrons. The molecule has 0 aromatic rings. The molecule has 2 N–H and O–H groups in total. The van der Waals surface area contributed by atoms with Gasteiger partial charge in [0.25, 0.3) is 5.91 Å². The SMILES string of the molecule is [CH2+]CC(N)=O. The highest BCUT2D eigenvalue weighted by molar-refractivity contribution is 5.74. The molecule has 2 heteroatoms. The van der Waals surface area contributed by atoms with E-state index in [-0.39, 0.29) is 12.3 Å². The van der Waals surface area contributed by atoms with E-state index in [9.17, 15) is 4.79 Å². The summed E-state index contributed by atoms with van der Waals surface area (Å²) >= 11 is 0. The van der Waals surface area contributed by atoms with E-state index in [0.29, 0.717) is 0 Å². The van der Waals surface area contributed by atoms with Gasteiger partial charge in [0.05, 0.1) is 6.92 Å². The molecule has 0 aromatic heterocycles. The minimum Gasteiger partial charge on any atom is -0.366 e. The predicted molar refractivity (Wildman–Crippen MR) is 19.2 cm³/mol. The van der Waals surface area contributed by atoms with Gasteiger partial charge in [-0.3, -0.25) is 4.79 Å². The Morgan fingerprint density at radius 2 is 2.20 bits per heavy atom. The van der Waals surface area contributed by atoms with E-state index in [4.69, 9.17) is 0 Å². The van der Waals surface area contributed by atoms with E-state index >= 15 is 0 Å². The average molecular weight is 72.1 g/mol. The van der Waals surface area contributed by atoms with Crippen molar-refractivity contribution >= 4 is 5.91 Å². The molecular formula is C3H6NO+. The summed E-state index contributed by atoms with van der Waals surface area (Å²) in [5.74, 6) is -0.356. The van der Waals surface area contributed by atoms with Gasteiger partial charge in [0.2, 0.25) is 0 Å². The Kier molecular flexibility index (Phi) is 1.42. The molecule has 0 aliphatic rings. The van der Waals surface area contributed by atoms with E-state index in [1.807, 2.05) is 0 Å². The maximum absolute atomic E-state index is 9.53. The maximum atomic E-state index is 9.53. The van der Waals surface area contributed by atoms with Crippen LogP contribution in [0, 0.1) is 6.92 Å². The number of amides is 1. The van der Waals surface area contributed by atoms with Crippen LogP contribution in [0.15, 0.2) is 0 Å². The van der Waals surface area contributed by atoms with Crippen LogP contribution in [0.25, 0.3) is 0 Å². The zero-order valence-electron chi connectivity index (χ0n) is 2.90. The predicted octanol–water partition coefficient (Wildman–Crippen LogP) is -0.304. The molecule has 0 spiro atoms. The van der Waals surface area contributed by atoms with Crippen molar-refractivity contribution in [2.45, 2.75) is 6.42 Å². The molecule has 0 unspecified atom stereocenters. The molecule has 0 aliphatic heterocycles. The van der Waals surface area contributed by atoms with Crippen LogP contribution in [-0.2, 0) is 4.79 Å². The Hall–Kier alpha value is -0.660. The van der Waals surface area contributed by atoms with E-state index in [1.54, 1.807) is 0 Å². The van der Waals surface area contributed by atoms with Crippen LogP contribution in [0.4, 0.5) is 0 Å². The van der Waals surface area contributed by atoms with Gasteiger partial charge in [-0.25, -0.2) is 0 Å². The van der Waals surface area contributed by atoms with Crippen molar-refractivity contribution in [1.29, 1.82) is 0 Å². The zero-order valence-corrected chi connectivity index (χ0v) is 2.90. The van der Waals surface area contributed by atoms with Crippen LogP contribution < -0.4 is 5.73 Å². The van der Waals surface area contributed by atoms with Crippen LogP contribution in [-0.4, -0.2) is 5.91 Å². The molecule has 28 valence electrons. The first kappa shape index (κ1) is 4.34. The Balaban J connectivity index is 2.85. The van der Waals surface area contributed by atoms with Gasteiger partial charge in [-0.05, 0) is 0 Å². The summed E-state index contributed by atoms with van der Waals surface area (Å²) in [6, 6.07) is 0. The largest absolute Gasteiger partial charge is 0.366 e. The lowest BCUT2D eigenvalue weighted by Gasteiger charge is -1.66. The molecular weight excluding hydrogens is 66.0 g/mol. The number of rotatable bonds is 1. The summed E-state index contributed by atoms with van der Waals surface area (Å²) in [5.41, 5.74) is 4.59. The summed E-state index contributed by atoms with van der Waals surface area (Å²) < 4.78 is 0. The molecule has 0 atom stereocenters. The molecule has 0 fully saturated rings. The Labute approximate surface area is 31.0 Å². The number of carbonyl (C=O) groups excluding carboxylic acids is 1. The average Bonchev–Trinajstić information content (AvgIpc) is 1.38. The number of nitrogens with two attached hydrogens (primary N) is 1. The second-order valence-corrected chi connectivity index (χ2v) is 0.716. The van der Waals surface area contributed by atoms with Crippen molar-refractivity contribution in [3.63, 3.8) is 0 Å². The first-order valence-corrected chi connectivity index (χ1v) is 1.35. The minimum absolute atomic E-state index is 0.194. The summed E-state index contributed by atoms with van der Waals surface area (Å²) in [6.07, 6.45) is 0.194. The minimum atomic E-state index is -0.356. The first-order chi connectivity index (χ1) is 2.27. The molecule has 2 nitrogen and oxygen atoms in total. The highest BCUT2D eigenvalue weighted by Crippen LogP contribution is 1.61. The maximum Gasteiger partial charge on any atom is 0.262 e. The van der Waals surface area contributed by atoms with Crippen LogP contribution in [0.2, 0.25) is 0 Å². The molecule has 0 bridgehead atoms. The molecule has 0 saturated heterocycles. The van der Waals surface area contributed by atoms with Gasteiger partial charge in [-0.15, -0.1) is 0 Å². The zero-order chi connectivity index (χ0) is 4.28. The molecule has 0 heterocycles. The fourth-order valence-electron chi connectivity index (χ4n) is 0. The van der Waals surface area contributed by atoms with Gasteiger partial charge in [-0.1, -0.05) is 0 Å². The molecule has 0 rings (SSSR count). The Morgan fingerprint density at radius 3 is 2.20 bits per heavy atom. The number of hydrogen-bond acceptors (Lipinski definition) is 1. The first-order valence-electron chi connectivity index (χ1n) is 1.35. The fraction of sp³-hybridized carbons (Fsp3) is 0.333. The van der Waals surface area contributed by atoms with Gasteiger partial charge in [0.1, 0.15) is 0 Å². The van der Waals surface area contributed by atoms with Crippen LogP contribution >= 0.6 is 0 Å². The van der Waals surface area contributed by atoms with E-state index in [2.05, 4.69) is 12.7 Å². The number of hydrogen-bond donors (Lipinski definition) is 1. The molecule has 0 saturated carbocycles.